The normalized spacial score (nSPS) is 11.0. The molecule has 34 heavy (non-hydrogen) atoms. The summed E-state index contributed by atoms with van der Waals surface area (Å²) >= 11 is 6.17. The first kappa shape index (κ1) is 21.4. The van der Waals surface area contributed by atoms with Gasteiger partial charge in [-0.1, -0.05) is 17.7 Å². The van der Waals surface area contributed by atoms with Crippen molar-refractivity contribution in [2.24, 2.45) is 0 Å². The van der Waals surface area contributed by atoms with Gasteiger partial charge in [-0.2, -0.15) is 4.98 Å². The second-order valence-corrected chi connectivity index (χ2v) is 7.77. The van der Waals surface area contributed by atoms with Crippen molar-refractivity contribution in [1.29, 1.82) is 0 Å². The minimum atomic E-state index is -0.537. The van der Waals surface area contributed by atoms with Crippen molar-refractivity contribution >= 4 is 40.1 Å². The average molecular weight is 475 g/mol. The van der Waals surface area contributed by atoms with Gasteiger partial charge in [0.25, 0.3) is 11.6 Å². The highest BCUT2D eigenvalue weighted by Gasteiger charge is 2.19. The Morgan fingerprint density at radius 1 is 1.06 bits per heavy atom. The number of anilines is 1. The molecule has 5 rings (SSSR count). The molecule has 0 aliphatic heterocycles. The molecule has 0 atom stereocenters. The average Bonchev–Trinajstić information content (AvgIpc) is 3.47. The number of nitro groups is 1. The van der Waals surface area contributed by atoms with Crippen molar-refractivity contribution in [3.8, 4) is 22.8 Å². The predicted octanol–water partition coefficient (Wildman–Crippen LogP) is 6.27. The molecule has 3 heterocycles. The van der Waals surface area contributed by atoms with Crippen LogP contribution in [0, 0.1) is 17.0 Å². The molecule has 0 bridgehead atoms. The summed E-state index contributed by atoms with van der Waals surface area (Å²) in [7, 11) is 0. The van der Waals surface area contributed by atoms with Gasteiger partial charge < -0.3 is 14.2 Å². The molecule has 1 N–H and O–H groups in total. The summed E-state index contributed by atoms with van der Waals surface area (Å²) in [5.74, 6) is 0.300. The molecular weight excluding hydrogens is 460 g/mol. The largest absolute Gasteiger partial charge is 0.451 e. The van der Waals surface area contributed by atoms with E-state index in [1.54, 1.807) is 36.5 Å². The zero-order valence-electron chi connectivity index (χ0n) is 17.6. The summed E-state index contributed by atoms with van der Waals surface area (Å²) in [5, 5.41) is 13.9. The maximum atomic E-state index is 12.9. The summed E-state index contributed by atoms with van der Waals surface area (Å²) in [6.07, 6.45) is 1.64. The zero-order chi connectivity index (χ0) is 23.8. The fraction of sp³-hybridized carbons (Fsp3) is 0.0417. The van der Waals surface area contributed by atoms with E-state index in [0.717, 1.165) is 5.56 Å². The monoisotopic (exact) mass is 474 g/mol. The molecule has 1 amide bonds. The van der Waals surface area contributed by atoms with E-state index < -0.39 is 10.8 Å². The van der Waals surface area contributed by atoms with E-state index in [1.165, 1.54) is 24.3 Å². The Bertz CT molecular complexity index is 1540. The van der Waals surface area contributed by atoms with Gasteiger partial charge in [0.2, 0.25) is 5.89 Å². The van der Waals surface area contributed by atoms with Gasteiger partial charge in [0.05, 0.1) is 9.95 Å². The number of amides is 1. The van der Waals surface area contributed by atoms with Crippen LogP contribution in [-0.4, -0.2) is 20.8 Å². The van der Waals surface area contributed by atoms with Gasteiger partial charge in [-0.15, -0.1) is 0 Å². The van der Waals surface area contributed by atoms with Crippen molar-refractivity contribution in [3.63, 3.8) is 0 Å². The molecule has 0 fully saturated rings. The predicted molar refractivity (Wildman–Crippen MR) is 126 cm³/mol. The number of fused-ring (bicyclic) bond motifs is 1. The molecule has 0 radical (unpaired) electrons. The first-order chi connectivity index (χ1) is 16.4. The molecule has 0 unspecified atom stereocenters. The van der Waals surface area contributed by atoms with Gasteiger partial charge in [0, 0.05) is 35.1 Å². The first-order valence-electron chi connectivity index (χ1n) is 10.1. The van der Waals surface area contributed by atoms with Crippen LogP contribution in [0.15, 0.2) is 75.7 Å². The Labute approximate surface area is 197 Å². The number of carbonyl (C=O) groups excluding carboxylic acids is 1. The Hall–Kier alpha value is -4.50. The van der Waals surface area contributed by atoms with E-state index in [9.17, 15) is 14.9 Å². The molecule has 2 aromatic carbocycles. The van der Waals surface area contributed by atoms with Gasteiger partial charge >= 0.3 is 0 Å². The Morgan fingerprint density at radius 2 is 1.91 bits per heavy atom. The number of benzene rings is 2. The number of nitrogens with one attached hydrogen (secondary N) is 1. The van der Waals surface area contributed by atoms with E-state index in [4.69, 9.17) is 20.4 Å². The number of rotatable bonds is 5. The van der Waals surface area contributed by atoms with Crippen LogP contribution in [0.2, 0.25) is 5.02 Å². The van der Waals surface area contributed by atoms with Crippen molar-refractivity contribution in [2.75, 3.05) is 5.32 Å². The molecule has 9 nitrogen and oxygen atoms in total. The molecule has 0 saturated heterocycles. The maximum absolute atomic E-state index is 12.9. The highest BCUT2D eigenvalue weighted by molar-refractivity contribution is 6.33. The summed E-state index contributed by atoms with van der Waals surface area (Å²) in [6, 6.07) is 16.0. The number of carbonyl (C=O) groups is 1. The van der Waals surface area contributed by atoms with Gasteiger partial charge in [-0.25, -0.2) is 4.98 Å². The second-order valence-electron chi connectivity index (χ2n) is 7.36. The van der Waals surface area contributed by atoms with Gasteiger partial charge in [0.1, 0.15) is 5.76 Å². The van der Waals surface area contributed by atoms with Gasteiger partial charge in [-0.05, 0) is 55.0 Å². The number of pyridine rings is 1. The molecule has 0 aliphatic carbocycles. The van der Waals surface area contributed by atoms with Crippen LogP contribution in [0.1, 0.15) is 16.1 Å². The molecule has 0 spiro atoms. The number of hydrogen-bond donors (Lipinski definition) is 1. The van der Waals surface area contributed by atoms with Crippen LogP contribution >= 0.6 is 11.6 Å². The quantitative estimate of drug-likeness (QED) is 0.235. The number of nitrogens with zero attached hydrogens (tertiary/aromatic N) is 3. The standard InChI is InChI=1S/C24H15ClN4O5/c1-13-15(24-28-22-20(34-24)6-3-11-26-22)4-2-5-18(13)27-23(30)21-10-9-19(33-21)16-8-7-14(29(31)32)12-17(16)25/h2-12H,1H3,(H,27,30). The van der Waals surface area contributed by atoms with Crippen LogP contribution < -0.4 is 5.32 Å². The molecule has 10 heteroatoms. The number of nitro benzene ring substituents is 1. The Kier molecular flexibility index (Phi) is 5.31. The summed E-state index contributed by atoms with van der Waals surface area (Å²) in [4.78, 5) is 31.8. The van der Waals surface area contributed by atoms with Crippen LogP contribution in [0.4, 0.5) is 11.4 Å². The van der Waals surface area contributed by atoms with Crippen LogP contribution in [0.3, 0.4) is 0 Å². The highest BCUT2D eigenvalue weighted by Crippen LogP contribution is 2.33. The number of hydrogen-bond acceptors (Lipinski definition) is 7. The van der Waals surface area contributed by atoms with Crippen molar-refractivity contribution in [3.05, 3.63) is 93.3 Å². The molecule has 5 aromatic rings. The number of non-ortho nitro benzene ring substituents is 1. The number of furan rings is 1. The molecule has 0 aliphatic rings. The third-order valence-corrected chi connectivity index (χ3v) is 5.55. The zero-order valence-corrected chi connectivity index (χ0v) is 18.4. The lowest BCUT2D eigenvalue weighted by Gasteiger charge is -2.10. The first-order valence-corrected chi connectivity index (χ1v) is 10.5. The second kappa shape index (κ2) is 8.45. The van der Waals surface area contributed by atoms with E-state index in [-0.39, 0.29) is 16.5 Å². The Balaban J connectivity index is 1.40. The summed E-state index contributed by atoms with van der Waals surface area (Å²) < 4.78 is 11.5. The van der Waals surface area contributed by atoms with Crippen LogP contribution in [-0.2, 0) is 0 Å². The van der Waals surface area contributed by atoms with E-state index in [1.807, 2.05) is 13.0 Å². The van der Waals surface area contributed by atoms with E-state index >= 15 is 0 Å². The van der Waals surface area contributed by atoms with Crippen molar-refractivity contribution in [2.45, 2.75) is 6.92 Å². The fourth-order valence-corrected chi connectivity index (χ4v) is 3.76. The van der Waals surface area contributed by atoms with E-state index in [2.05, 4.69) is 15.3 Å². The lowest BCUT2D eigenvalue weighted by atomic mass is 10.1. The molecule has 3 aromatic heterocycles. The maximum Gasteiger partial charge on any atom is 0.291 e. The third kappa shape index (κ3) is 3.89. The lowest BCUT2D eigenvalue weighted by molar-refractivity contribution is -0.384. The van der Waals surface area contributed by atoms with Crippen molar-refractivity contribution in [1.82, 2.24) is 9.97 Å². The fourth-order valence-electron chi connectivity index (χ4n) is 3.49. The minimum absolute atomic E-state index is 0.0558. The van der Waals surface area contributed by atoms with E-state index in [0.29, 0.717) is 39.7 Å². The third-order valence-electron chi connectivity index (χ3n) is 5.24. The lowest BCUT2D eigenvalue weighted by Crippen LogP contribution is -2.12. The summed E-state index contributed by atoms with van der Waals surface area (Å²) in [6.45, 7) is 1.84. The van der Waals surface area contributed by atoms with Gasteiger partial charge in [0.15, 0.2) is 17.0 Å². The van der Waals surface area contributed by atoms with Crippen LogP contribution in [0.25, 0.3) is 34.0 Å². The van der Waals surface area contributed by atoms with Crippen molar-refractivity contribution < 1.29 is 18.6 Å². The summed E-state index contributed by atoms with van der Waals surface area (Å²) in [5.41, 5.74) is 3.40. The number of halogens is 1. The number of oxazole rings is 1. The number of aromatic nitrogens is 2. The van der Waals surface area contributed by atoms with Gasteiger partial charge in [-0.3, -0.25) is 14.9 Å². The topological polar surface area (TPSA) is 124 Å². The Morgan fingerprint density at radius 3 is 2.68 bits per heavy atom. The minimum Gasteiger partial charge on any atom is -0.451 e. The smallest absolute Gasteiger partial charge is 0.291 e. The SMILES string of the molecule is Cc1c(NC(=O)c2ccc(-c3ccc([N+](=O)[O-])cc3Cl)o2)cccc1-c1nc2ncccc2o1. The molecule has 168 valence electrons. The van der Waals surface area contributed by atoms with Crippen LogP contribution in [0.5, 0.6) is 0 Å². The molecular formula is C24H15ClN4O5. The molecule has 0 saturated carbocycles. The highest BCUT2D eigenvalue weighted by atomic mass is 35.5.